The van der Waals surface area contributed by atoms with E-state index < -0.39 is 8.07 Å². The minimum Gasteiger partial charge on any atom is -0.311 e. The molecule has 0 aromatic heterocycles. The van der Waals surface area contributed by atoms with Crippen molar-refractivity contribution in [2.24, 2.45) is 11.8 Å². The lowest BCUT2D eigenvalue weighted by Gasteiger charge is -2.40. The lowest BCUT2D eigenvalue weighted by molar-refractivity contribution is 0.320. The van der Waals surface area contributed by atoms with Gasteiger partial charge in [-0.3, -0.25) is 0 Å². The second-order valence-electron chi connectivity index (χ2n) is 16.2. The van der Waals surface area contributed by atoms with Crippen LogP contribution in [-0.4, -0.2) is 8.07 Å². The van der Waals surface area contributed by atoms with Gasteiger partial charge in [-0.2, -0.15) is 0 Å². The molecule has 7 aromatic carbocycles. The Morgan fingerprint density at radius 2 is 0.889 bits per heavy atom. The van der Waals surface area contributed by atoms with E-state index in [1.54, 1.807) is 5.19 Å². The number of rotatable bonds is 8. The van der Waals surface area contributed by atoms with E-state index in [1.807, 2.05) is 0 Å². The normalized spacial score (nSPS) is 20.3. The van der Waals surface area contributed by atoms with E-state index in [0.717, 1.165) is 5.92 Å². The van der Waals surface area contributed by atoms with Crippen LogP contribution in [0.25, 0.3) is 11.1 Å². The van der Waals surface area contributed by atoms with Gasteiger partial charge in [0.05, 0.1) is 0 Å². The highest BCUT2D eigenvalue weighted by Crippen LogP contribution is 2.60. The summed E-state index contributed by atoms with van der Waals surface area (Å²) < 4.78 is 0. The second-order valence-corrected chi connectivity index (χ2v) is 20.6. The molecule has 1 aliphatic heterocycles. The van der Waals surface area contributed by atoms with Gasteiger partial charge in [0, 0.05) is 39.5 Å². The quantitative estimate of drug-likeness (QED) is 0.145. The van der Waals surface area contributed by atoms with Crippen LogP contribution in [-0.2, 0) is 5.41 Å². The van der Waals surface area contributed by atoms with Crippen molar-refractivity contribution < 1.29 is 0 Å². The molecule has 3 aliphatic rings. The van der Waals surface area contributed by atoms with Crippen molar-refractivity contribution in [3.63, 3.8) is 0 Å². The molecule has 10 rings (SSSR count). The first-order valence-corrected chi connectivity index (χ1v) is 22.7. The van der Waals surface area contributed by atoms with Crippen LogP contribution in [0.2, 0.25) is 13.1 Å². The van der Waals surface area contributed by atoms with Gasteiger partial charge in [0.2, 0.25) is 0 Å². The monoisotopic (exact) mass is 714 g/mol. The average molecular weight is 715 g/mol. The number of anilines is 6. The number of hydrogen-bond donors (Lipinski definition) is 0. The van der Waals surface area contributed by atoms with Crippen molar-refractivity contribution in [1.82, 2.24) is 0 Å². The highest BCUT2D eigenvalue weighted by molar-refractivity contribution is 7.03. The first-order chi connectivity index (χ1) is 26.5. The van der Waals surface area contributed by atoms with Crippen molar-refractivity contribution in [3.8, 4) is 11.1 Å². The molecular formula is C51H46N2Si. The molecule has 3 unspecified atom stereocenters. The molecule has 2 bridgehead atoms. The van der Waals surface area contributed by atoms with Gasteiger partial charge in [-0.25, -0.2) is 0 Å². The van der Waals surface area contributed by atoms with Crippen LogP contribution >= 0.6 is 0 Å². The Morgan fingerprint density at radius 3 is 1.39 bits per heavy atom. The molecule has 0 spiro atoms. The molecule has 0 N–H and O–H groups in total. The van der Waals surface area contributed by atoms with Gasteiger partial charge in [0.25, 0.3) is 0 Å². The van der Waals surface area contributed by atoms with Crippen molar-refractivity contribution in [3.05, 3.63) is 193 Å². The van der Waals surface area contributed by atoms with Crippen molar-refractivity contribution >= 4 is 52.6 Å². The first kappa shape index (κ1) is 33.0. The van der Waals surface area contributed by atoms with E-state index in [1.165, 1.54) is 87.2 Å². The van der Waals surface area contributed by atoms with Gasteiger partial charge < -0.3 is 9.80 Å². The Kier molecular flexibility index (Phi) is 7.96. The van der Waals surface area contributed by atoms with Crippen LogP contribution in [0.3, 0.4) is 0 Å². The Morgan fingerprint density at radius 1 is 0.444 bits per heavy atom. The summed E-state index contributed by atoms with van der Waals surface area (Å²) in [4.78, 5) is 4.81. The van der Waals surface area contributed by atoms with Gasteiger partial charge in [0.1, 0.15) is 8.07 Å². The fraction of sp³-hybridized carbons (Fsp3) is 0.176. The summed E-state index contributed by atoms with van der Waals surface area (Å²) in [5.74, 6) is 1.45. The molecule has 7 aromatic rings. The van der Waals surface area contributed by atoms with E-state index >= 15 is 0 Å². The molecule has 2 aliphatic carbocycles. The van der Waals surface area contributed by atoms with Gasteiger partial charge in [-0.05, 0) is 137 Å². The van der Waals surface area contributed by atoms with Crippen molar-refractivity contribution in [2.45, 2.75) is 44.2 Å². The summed E-state index contributed by atoms with van der Waals surface area (Å²) in [5.41, 5.74) is 12.9. The van der Waals surface area contributed by atoms with Gasteiger partial charge in [-0.15, -0.1) is 0 Å². The Hall–Kier alpha value is -5.64. The highest BCUT2D eigenvalue weighted by atomic mass is 28.3. The van der Waals surface area contributed by atoms with Gasteiger partial charge in [-0.1, -0.05) is 129 Å². The van der Waals surface area contributed by atoms with Crippen molar-refractivity contribution in [1.29, 1.82) is 0 Å². The molecule has 2 saturated carbocycles. The molecule has 1 heterocycles. The predicted molar refractivity (Wildman–Crippen MR) is 231 cm³/mol. The fourth-order valence-corrected chi connectivity index (χ4v) is 13.6. The number of benzene rings is 7. The molecule has 3 heteroatoms. The lowest BCUT2D eigenvalue weighted by Crippen LogP contribution is -2.49. The molecular weight excluding hydrogens is 669 g/mol. The van der Waals surface area contributed by atoms with E-state index in [2.05, 4.69) is 205 Å². The predicted octanol–water partition coefficient (Wildman–Crippen LogP) is 12.5. The van der Waals surface area contributed by atoms with Crippen molar-refractivity contribution in [2.75, 3.05) is 9.80 Å². The highest BCUT2D eigenvalue weighted by Gasteiger charge is 2.52. The van der Waals surface area contributed by atoms with Gasteiger partial charge in [0.15, 0.2) is 0 Å². The molecule has 54 heavy (non-hydrogen) atoms. The van der Waals surface area contributed by atoms with Crippen LogP contribution in [0.1, 0.15) is 36.8 Å². The molecule has 264 valence electrons. The summed E-state index contributed by atoms with van der Waals surface area (Å²) in [7, 11) is -1.73. The van der Waals surface area contributed by atoms with E-state index in [4.69, 9.17) is 0 Å². The third kappa shape index (κ3) is 5.28. The molecule has 2 fully saturated rings. The standard InChI is InChI=1S/C51H46N2Si/c1-54(2)49-21-13-12-20-47(49)48-35-46(32-33-50(48)54)53(43-18-10-5-11-19-43)45-30-26-39(27-31-45)51(36-37-22-23-40(51)34-37)38-24-28-44(29-25-38)52(41-14-6-3-7-15-41)42-16-8-4-9-17-42/h3-21,24-33,35,37,40H,22-23,34,36H2,1-2H3. The Bertz CT molecular complexity index is 2380. The SMILES string of the molecule is C[Si]1(C)c2ccccc2-c2cc(N(c3ccccc3)c3ccc(C4(c5ccc(N(c6ccccc6)c6ccccc6)cc5)CC5CCC4C5)cc3)ccc21. The van der Waals surface area contributed by atoms with Crippen LogP contribution in [0.15, 0.2) is 182 Å². The first-order valence-electron chi connectivity index (χ1n) is 19.7. The maximum absolute atomic E-state index is 2.49. The zero-order chi connectivity index (χ0) is 36.3. The largest absolute Gasteiger partial charge is 0.311 e. The minimum absolute atomic E-state index is 0.0232. The maximum Gasteiger partial charge on any atom is 0.113 e. The maximum atomic E-state index is 2.49. The molecule has 3 atom stereocenters. The summed E-state index contributed by atoms with van der Waals surface area (Å²) in [6.45, 7) is 4.99. The summed E-state index contributed by atoms with van der Waals surface area (Å²) >= 11 is 0. The van der Waals surface area contributed by atoms with E-state index in [9.17, 15) is 0 Å². The van der Waals surface area contributed by atoms with Crippen LogP contribution in [0.4, 0.5) is 34.1 Å². The average Bonchev–Trinajstić information content (AvgIpc) is 3.91. The van der Waals surface area contributed by atoms with Crippen LogP contribution < -0.4 is 20.2 Å². The lowest BCUT2D eigenvalue weighted by atomic mass is 9.64. The number of para-hydroxylation sites is 3. The topological polar surface area (TPSA) is 6.48 Å². The summed E-state index contributed by atoms with van der Waals surface area (Å²) in [5, 5.41) is 3.08. The van der Waals surface area contributed by atoms with Crippen LogP contribution in [0, 0.1) is 11.8 Å². The van der Waals surface area contributed by atoms with Gasteiger partial charge >= 0.3 is 0 Å². The molecule has 0 amide bonds. The van der Waals surface area contributed by atoms with E-state index in [0.29, 0.717) is 5.92 Å². The second kappa shape index (κ2) is 13.0. The molecule has 0 radical (unpaired) electrons. The number of nitrogens with zero attached hydrogens (tertiary/aromatic N) is 2. The zero-order valence-electron chi connectivity index (χ0n) is 31.2. The van der Waals surface area contributed by atoms with E-state index in [-0.39, 0.29) is 5.41 Å². The summed E-state index contributed by atoms with van der Waals surface area (Å²) in [6, 6.07) is 67.9. The smallest absolute Gasteiger partial charge is 0.113 e. The molecule has 0 saturated heterocycles. The summed E-state index contributed by atoms with van der Waals surface area (Å²) in [6.07, 6.45) is 5.22. The molecule has 2 nitrogen and oxygen atoms in total. The zero-order valence-corrected chi connectivity index (χ0v) is 32.2. The Balaban J connectivity index is 1.04. The third-order valence-corrected chi connectivity index (χ3v) is 16.6. The number of fused-ring (bicyclic) bond motifs is 5. The number of hydrogen-bond acceptors (Lipinski definition) is 2. The third-order valence-electron chi connectivity index (χ3n) is 13.0. The Labute approximate surface area is 321 Å². The van der Waals surface area contributed by atoms with Crippen LogP contribution in [0.5, 0.6) is 0 Å². The minimum atomic E-state index is -1.73. The fourth-order valence-electron chi connectivity index (χ4n) is 10.5.